The number of carbonyl (C=O) groups excluding carboxylic acids is 1. The van der Waals surface area contributed by atoms with E-state index in [2.05, 4.69) is 16.4 Å². The Bertz CT molecular complexity index is 523. The number of ether oxygens (including phenoxy) is 1. The normalized spacial score (nSPS) is 9.95. The van der Waals surface area contributed by atoms with Crippen LogP contribution in [-0.2, 0) is 9.53 Å². The number of hydrogen-bond donors (Lipinski definition) is 1. The maximum atomic E-state index is 11.8. The highest BCUT2D eigenvalue weighted by molar-refractivity contribution is 5.82. The molecule has 6 nitrogen and oxygen atoms in total. The van der Waals surface area contributed by atoms with Gasteiger partial charge in [0.1, 0.15) is 6.07 Å². The lowest BCUT2D eigenvalue weighted by molar-refractivity contribution is -0.119. The Balaban J connectivity index is 2.80. The molecule has 0 radical (unpaired) electrons. The second-order valence-electron chi connectivity index (χ2n) is 4.55. The molecule has 0 spiro atoms. The molecule has 0 unspecified atom stereocenters. The van der Waals surface area contributed by atoms with Gasteiger partial charge in [0.15, 0.2) is 0 Å². The van der Waals surface area contributed by atoms with Crippen LogP contribution in [0.5, 0.6) is 0 Å². The predicted molar refractivity (Wildman–Crippen MR) is 76.6 cm³/mol. The lowest BCUT2D eigenvalue weighted by Gasteiger charge is -2.21. The molecule has 0 aliphatic heterocycles. The minimum absolute atomic E-state index is 0.111. The van der Waals surface area contributed by atoms with Crippen LogP contribution in [0.1, 0.15) is 17.0 Å². The van der Waals surface area contributed by atoms with Gasteiger partial charge in [-0.15, -0.1) is 0 Å². The van der Waals surface area contributed by atoms with Crippen molar-refractivity contribution < 1.29 is 9.53 Å². The number of carbonyl (C=O) groups is 1. The van der Waals surface area contributed by atoms with Gasteiger partial charge in [0.2, 0.25) is 5.91 Å². The summed E-state index contributed by atoms with van der Waals surface area (Å²) >= 11 is 0. The van der Waals surface area contributed by atoms with Crippen molar-refractivity contribution in [3.63, 3.8) is 0 Å². The number of nitriles is 1. The fourth-order valence-corrected chi connectivity index (χ4v) is 1.90. The number of amides is 1. The number of nitrogens with one attached hydrogen (secondary N) is 1. The summed E-state index contributed by atoms with van der Waals surface area (Å²) in [6, 6.07) is 3.96. The average Bonchev–Trinajstić information content (AvgIpc) is 2.38. The molecule has 20 heavy (non-hydrogen) atoms. The monoisotopic (exact) mass is 276 g/mol. The third-order valence-electron chi connectivity index (χ3n) is 2.84. The van der Waals surface area contributed by atoms with E-state index in [-0.39, 0.29) is 12.5 Å². The van der Waals surface area contributed by atoms with Crippen LogP contribution in [0, 0.1) is 25.2 Å². The van der Waals surface area contributed by atoms with E-state index in [0.29, 0.717) is 24.4 Å². The fourth-order valence-electron chi connectivity index (χ4n) is 1.90. The van der Waals surface area contributed by atoms with E-state index in [0.717, 1.165) is 11.4 Å². The quantitative estimate of drug-likeness (QED) is 0.776. The van der Waals surface area contributed by atoms with Gasteiger partial charge in [0.25, 0.3) is 0 Å². The number of hydrogen-bond acceptors (Lipinski definition) is 5. The summed E-state index contributed by atoms with van der Waals surface area (Å²) in [4.78, 5) is 17.8. The van der Waals surface area contributed by atoms with E-state index in [1.807, 2.05) is 13.0 Å². The number of aryl methyl sites for hydroxylation is 2. The maximum absolute atomic E-state index is 11.8. The molecule has 0 atom stereocenters. The summed E-state index contributed by atoms with van der Waals surface area (Å²) in [5, 5.41) is 12.0. The summed E-state index contributed by atoms with van der Waals surface area (Å²) in [7, 11) is 3.37. The standard InChI is InChI=1S/C14H20N4O2/c1-10-7-13(12(8-15)11(2)17-10)18(3)9-14(19)16-5-6-20-4/h7H,5-6,9H2,1-4H3,(H,16,19). The molecule has 0 aliphatic rings. The molecule has 6 heteroatoms. The first-order valence-corrected chi connectivity index (χ1v) is 6.34. The highest BCUT2D eigenvalue weighted by atomic mass is 16.5. The van der Waals surface area contributed by atoms with E-state index < -0.39 is 0 Å². The van der Waals surface area contributed by atoms with Gasteiger partial charge in [-0.05, 0) is 19.9 Å². The number of nitrogens with zero attached hydrogens (tertiary/aromatic N) is 3. The molecule has 0 saturated heterocycles. The SMILES string of the molecule is COCCNC(=O)CN(C)c1cc(C)nc(C)c1C#N. The van der Waals surface area contributed by atoms with Crippen LogP contribution in [0.2, 0.25) is 0 Å². The Labute approximate surface area is 119 Å². The molecule has 1 amide bonds. The smallest absolute Gasteiger partial charge is 0.239 e. The Hall–Kier alpha value is -2.13. The second kappa shape index (κ2) is 7.46. The van der Waals surface area contributed by atoms with Crippen molar-refractivity contribution in [1.82, 2.24) is 10.3 Å². The molecule has 108 valence electrons. The van der Waals surface area contributed by atoms with Crippen LogP contribution in [0.3, 0.4) is 0 Å². The number of rotatable bonds is 6. The van der Waals surface area contributed by atoms with Crippen LogP contribution < -0.4 is 10.2 Å². The zero-order chi connectivity index (χ0) is 15.1. The van der Waals surface area contributed by atoms with E-state index in [9.17, 15) is 10.1 Å². The van der Waals surface area contributed by atoms with E-state index >= 15 is 0 Å². The summed E-state index contributed by atoms with van der Waals surface area (Å²) in [6.45, 7) is 4.79. The second-order valence-corrected chi connectivity index (χ2v) is 4.55. The topological polar surface area (TPSA) is 78.2 Å². The summed E-state index contributed by atoms with van der Waals surface area (Å²) in [6.07, 6.45) is 0. The third kappa shape index (κ3) is 4.21. The molecule has 1 aromatic rings. The first-order chi connectivity index (χ1) is 9.49. The Morgan fingerprint density at radius 1 is 1.55 bits per heavy atom. The van der Waals surface area contributed by atoms with Crippen molar-refractivity contribution >= 4 is 11.6 Å². The van der Waals surface area contributed by atoms with Crippen molar-refractivity contribution in [3.05, 3.63) is 23.0 Å². The molecular formula is C14H20N4O2. The summed E-state index contributed by atoms with van der Waals surface area (Å²) < 4.78 is 4.87. The van der Waals surface area contributed by atoms with Crippen LogP contribution in [-0.4, -0.2) is 44.7 Å². The molecule has 0 fully saturated rings. The Kier molecular flexibility index (Phi) is 5.94. The Morgan fingerprint density at radius 2 is 2.25 bits per heavy atom. The van der Waals surface area contributed by atoms with Gasteiger partial charge in [-0.25, -0.2) is 0 Å². The molecule has 0 bridgehead atoms. The summed E-state index contributed by atoms with van der Waals surface area (Å²) in [5.41, 5.74) is 2.72. The minimum atomic E-state index is -0.111. The molecule has 1 rings (SSSR count). The van der Waals surface area contributed by atoms with Crippen molar-refractivity contribution in [2.75, 3.05) is 38.8 Å². The van der Waals surface area contributed by atoms with Gasteiger partial charge in [-0.1, -0.05) is 0 Å². The van der Waals surface area contributed by atoms with Gasteiger partial charge in [0, 0.05) is 26.4 Å². The molecular weight excluding hydrogens is 256 g/mol. The van der Waals surface area contributed by atoms with Crippen LogP contribution in [0.4, 0.5) is 5.69 Å². The average molecular weight is 276 g/mol. The molecule has 0 aliphatic carbocycles. The van der Waals surface area contributed by atoms with Gasteiger partial charge < -0.3 is 15.0 Å². The fraction of sp³-hybridized carbons (Fsp3) is 0.500. The van der Waals surface area contributed by atoms with Gasteiger partial charge >= 0.3 is 0 Å². The number of pyridine rings is 1. The van der Waals surface area contributed by atoms with Crippen molar-refractivity contribution in [2.24, 2.45) is 0 Å². The molecule has 0 saturated carbocycles. The van der Waals surface area contributed by atoms with E-state index in [1.165, 1.54) is 0 Å². The van der Waals surface area contributed by atoms with Gasteiger partial charge in [-0.2, -0.15) is 5.26 Å². The predicted octanol–water partition coefficient (Wildman–Crippen LogP) is 0.769. The number of aromatic nitrogens is 1. The van der Waals surface area contributed by atoms with E-state index in [1.54, 1.807) is 26.0 Å². The van der Waals surface area contributed by atoms with Crippen LogP contribution in [0.15, 0.2) is 6.07 Å². The van der Waals surface area contributed by atoms with Crippen molar-refractivity contribution in [1.29, 1.82) is 5.26 Å². The molecule has 1 heterocycles. The highest BCUT2D eigenvalue weighted by Crippen LogP contribution is 2.21. The minimum Gasteiger partial charge on any atom is -0.383 e. The third-order valence-corrected chi connectivity index (χ3v) is 2.84. The number of methoxy groups -OCH3 is 1. The lowest BCUT2D eigenvalue weighted by Crippen LogP contribution is -2.37. The largest absolute Gasteiger partial charge is 0.383 e. The molecule has 1 N–H and O–H groups in total. The lowest BCUT2D eigenvalue weighted by atomic mass is 10.1. The van der Waals surface area contributed by atoms with Crippen molar-refractivity contribution in [3.8, 4) is 6.07 Å². The first kappa shape index (κ1) is 15.9. The zero-order valence-electron chi connectivity index (χ0n) is 12.4. The number of anilines is 1. The highest BCUT2D eigenvalue weighted by Gasteiger charge is 2.14. The number of likely N-dealkylation sites (N-methyl/N-ethyl adjacent to an activating group) is 1. The Morgan fingerprint density at radius 3 is 2.85 bits per heavy atom. The zero-order valence-corrected chi connectivity index (χ0v) is 12.4. The first-order valence-electron chi connectivity index (χ1n) is 6.34. The van der Waals surface area contributed by atoms with Gasteiger partial charge in [-0.3, -0.25) is 9.78 Å². The van der Waals surface area contributed by atoms with Crippen LogP contribution in [0.25, 0.3) is 0 Å². The van der Waals surface area contributed by atoms with Crippen LogP contribution >= 0.6 is 0 Å². The van der Waals surface area contributed by atoms with Crippen molar-refractivity contribution in [2.45, 2.75) is 13.8 Å². The maximum Gasteiger partial charge on any atom is 0.239 e. The van der Waals surface area contributed by atoms with E-state index in [4.69, 9.17) is 4.74 Å². The molecule has 0 aromatic carbocycles. The molecule has 1 aromatic heterocycles. The van der Waals surface area contributed by atoms with Gasteiger partial charge in [0.05, 0.1) is 30.1 Å². The summed E-state index contributed by atoms with van der Waals surface area (Å²) in [5.74, 6) is -0.111.